The number of anilines is 2. The zero-order chi connectivity index (χ0) is 18.1. The number of thioether (sulfide) groups is 1. The van der Waals surface area contributed by atoms with Gasteiger partial charge < -0.3 is 9.80 Å². The predicted molar refractivity (Wildman–Crippen MR) is 100 cm³/mol. The Bertz CT molecular complexity index is 842. The van der Waals surface area contributed by atoms with E-state index in [-0.39, 0.29) is 11.8 Å². The molecule has 1 aliphatic rings. The van der Waals surface area contributed by atoms with Crippen molar-refractivity contribution in [3.05, 3.63) is 48.2 Å². The van der Waals surface area contributed by atoms with Gasteiger partial charge in [-0.05, 0) is 37.3 Å². The maximum atomic E-state index is 13.0. The molecule has 1 aromatic carbocycles. The van der Waals surface area contributed by atoms with Crippen molar-refractivity contribution in [3.63, 3.8) is 0 Å². The summed E-state index contributed by atoms with van der Waals surface area (Å²) in [4.78, 5) is 27.9. The summed E-state index contributed by atoms with van der Waals surface area (Å²) in [5.74, 6) is 0.594. The van der Waals surface area contributed by atoms with Crippen molar-refractivity contribution in [2.75, 3.05) is 29.1 Å². The first-order valence-corrected chi connectivity index (χ1v) is 8.91. The normalized spacial score (nSPS) is 13.3. The van der Waals surface area contributed by atoms with Crippen molar-refractivity contribution < 1.29 is 9.59 Å². The summed E-state index contributed by atoms with van der Waals surface area (Å²) in [5.41, 5.74) is 3.05. The molecular weight excluding hydrogens is 336 g/mol. The number of carbonyl (C=O) groups is 2. The standard InChI is InChI=1S/C18H20N4O2S/c1-5-15(23)20(3)14-8-6-13(7-9-14)17(24)22-10-11-25-18-16(22)12(2)19-21(18)4/h5-9H,1,10-11H2,2-4H3. The number of carbonyl (C=O) groups excluding carboxylic acids is 2. The van der Waals surface area contributed by atoms with E-state index >= 15 is 0 Å². The van der Waals surface area contributed by atoms with E-state index in [1.54, 1.807) is 48.0 Å². The second-order valence-electron chi connectivity index (χ2n) is 5.82. The van der Waals surface area contributed by atoms with E-state index in [0.717, 1.165) is 22.2 Å². The van der Waals surface area contributed by atoms with Crippen LogP contribution in [0.3, 0.4) is 0 Å². The largest absolute Gasteiger partial charge is 0.312 e. The number of hydrogen-bond acceptors (Lipinski definition) is 4. The van der Waals surface area contributed by atoms with E-state index in [2.05, 4.69) is 11.7 Å². The fourth-order valence-electron chi connectivity index (χ4n) is 2.89. The van der Waals surface area contributed by atoms with Crippen LogP contribution in [0.2, 0.25) is 0 Å². The van der Waals surface area contributed by atoms with Gasteiger partial charge in [-0.2, -0.15) is 5.10 Å². The smallest absolute Gasteiger partial charge is 0.258 e. The first-order valence-electron chi connectivity index (χ1n) is 7.92. The molecule has 6 nitrogen and oxygen atoms in total. The zero-order valence-corrected chi connectivity index (χ0v) is 15.3. The number of fused-ring (bicyclic) bond motifs is 1. The van der Waals surface area contributed by atoms with Gasteiger partial charge in [0.2, 0.25) is 5.91 Å². The van der Waals surface area contributed by atoms with Crippen LogP contribution < -0.4 is 9.80 Å². The number of aromatic nitrogens is 2. The summed E-state index contributed by atoms with van der Waals surface area (Å²) >= 11 is 1.72. The lowest BCUT2D eigenvalue weighted by Gasteiger charge is -2.27. The van der Waals surface area contributed by atoms with Crippen molar-refractivity contribution >= 4 is 35.0 Å². The maximum Gasteiger partial charge on any atom is 0.258 e. The first kappa shape index (κ1) is 17.3. The first-order chi connectivity index (χ1) is 11.9. The lowest BCUT2D eigenvalue weighted by molar-refractivity contribution is -0.113. The van der Waals surface area contributed by atoms with Crippen molar-refractivity contribution in [1.29, 1.82) is 0 Å². The van der Waals surface area contributed by atoms with Crippen LogP contribution in [0, 0.1) is 6.92 Å². The molecule has 0 saturated carbocycles. The molecule has 0 radical (unpaired) electrons. The van der Waals surface area contributed by atoms with Crippen LogP contribution >= 0.6 is 11.8 Å². The lowest BCUT2D eigenvalue weighted by Crippen LogP contribution is -2.35. The van der Waals surface area contributed by atoms with Gasteiger partial charge in [0, 0.05) is 37.6 Å². The Kier molecular flexibility index (Phi) is 4.67. The molecule has 2 heterocycles. The van der Waals surface area contributed by atoms with E-state index in [1.807, 2.05) is 18.7 Å². The number of amides is 2. The second-order valence-corrected chi connectivity index (χ2v) is 6.90. The van der Waals surface area contributed by atoms with Crippen molar-refractivity contribution in [2.24, 2.45) is 7.05 Å². The minimum Gasteiger partial charge on any atom is -0.312 e. The average molecular weight is 356 g/mol. The highest BCUT2D eigenvalue weighted by Crippen LogP contribution is 2.37. The number of likely N-dealkylation sites (N-methyl/N-ethyl adjacent to an activating group) is 1. The van der Waals surface area contributed by atoms with Gasteiger partial charge in [0.1, 0.15) is 5.03 Å². The monoisotopic (exact) mass is 356 g/mol. The summed E-state index contributed by atoms with van der Waals surface area (Å²) in [6.45, 7) is 6.06. The van der Waals surface area contributed by atoms with Crippen molar-refractivity contribution in [3.8, 4) is 0 Å². The van der Waals surface area contributed by atoms with Crippen LogP contribution in [-0.2, 0) is 11.8 Å². The highest BCUT2D eigenvalue weighted by Gasteiger charge is 2.29. The highest BCUT2D eigenvalue weighted by molar-refractivity contribution is 7.99. The molecule has 0 bridgehead atoms. The topological polar surface area (TPSA) is 58.4 Å². The minimum atomic E-state index is -0.192. The van der Waals surface area contributed by atoms with Gasteiger partial charge in [-0.3, -0.25) is 14.3 Å². The molecule has 3 rings (SSSR count). The quantitative estimate of drug-likeness (QED) is 0.794. The molecular formula is C18H20N4O2S. The van der Waals surface area contributed by atoms with Crippen LogP contribution in [-0.4, -0.2) is 40.9 Å². The third-order valence-electron chi connectivity index (χ3n) is 4.21. The van der Waals surface area contributed by atoms with E-state index in [0.29, 0.717) is 17.8 Å². The van der Waals surface area contributed by atoms with Gasteiger partial charge in [-0.1, -0.05) is 6.58 Å². The molecule has 0 aliphatic carbocycles. The van der Waals surface area contributed by atoms with Gasteiger partial charge >= 0.3 is 0 Å². The number of rotatable bonds is 3. The molecule has 0 N–H and O–H groups in total. The summed E-state index contributed by atoms with van der Waals surface area (Å²) < 4.78 is 1.83. The Morgan fingerprint density at radius 3 is 2.64 bits per heavy atom. The third-order valence-corrected chi connectivity index (χ3v) is 5.33. The van der Waals surface area contributed by atoms with Gasteiger partial charge in [0.25, 0.3) is 5.91 Å². The van der Waals surface area contributed by atoms with Crippen LogP contribution in [0.1, 0.15) is 16.1 Å². The highest BCUT2D eigenvalue weighted by atomic mass is 32.2. The van der Waals surface area contributed by atoms with Crippen LogP contribution in [0.4, 0.5) is 11.4 Å². The Hall–Kier alpha value is -2.54. The summed E-state index contributed by atoms with van der Waals surface area (Å²) in [6, 6.07) is 7.03. The van der Waals surface area contributed by atoms with E-state index < -0.39 is 0 Å². The molecule has 25 heavy (non-hydrogen) atoms. The van der Waals surface area contributed by atoms with E-state index in [9.17, 15) is 9.59 Å². The summed E-state index contributed by atoms with van der Waals surface area (Å²) in [6.07, 6.45) is 1.26. The molecule has 0 saturated heterocycles. The lowest BCUT2D eigenvalue weighted by atomic mass is 10.1. The molecule has 0 fully saturated rings. The van der Waals surface area contributed by atoms with Crippen LogP contribution in [0.15, 0.2) is 41.9 Å². The van der Waals surface area contributed by atoms with Gasteiger partial charge in [-0.15, -0.1) is 11.8 Å². The molecule has 2 aromatic rings. The maximum absolute atomic E-state index is 13.0. The van der Waals surface area contributed by atoms with Gasteiger partial charge in [0.05, 0.1) is 11.4 Å². The third kappa shape index (κ3) is 3.07. The number of nitrogens with zero attached hydrogens (tertiary/aromatic N) is 4. The van der Waals surface area contributed by atoms with Crippen LogP contribution in [0.25, 0.3) is 0 Å². The molecule has 130 valence electrons. The van der Waals surface area contributed by atoms with E-state index in [4.69, 9.17) is 0 Å². The Morgan fingerprint density at radius 1 is 1.32 bits per heavy atom. The van der Waals surface area contributed by atoms with Gasteiger partial charge in [0.15, 0.2) is 0 Å². The Balaban J connectivity index is 1.88. The van der Waals surface area contributed by atoms with E-state index in [1.165, 1.54) is 11.0 Å². The molecule has 0 atom stereocenters. The fourth-order valence-corrected chi connectivity index (χ4v) is 3.98. The summed E-state index contributed by atoms with van der Waals surface area (Å²) in [7, 11) is 3.57. The number of hydrogen-bond donors (Lipinski definition) is 0. The number of benzene rings is 1. The SMILES string of the molecule is C=CC(=O)N(C)c1ccc(C(=O)N2CCSc3c2c(C)nn3C)cc1. The Labute approximate surface area is 151 Å². The molecule has 1 aliphatic heterocycles. The molecule has 7 heteroatoms. The predicted octanol–water partition coefficient (Wildman–Crippen LogP) is 2.63. The average Bonchev–Trinajstić information content (AvgIpc) is 2.94. The van der Waals surface area contributed by atoms with Crippen molar-refractivity contribution in [2.45, 2.75) is 11.9 Å². The summed E-state index contributed by atoms with van der Waals surface area (Å²) in [5, 5.41) is 5.45. The second kappa shape index (κ2) is 6.76. The zero-order valence-electron chi connectivity index (χ0n) is 14.5. The molecule has 0 unspecified atom stereocenters. The van der Waals surface area contributed by atoms with Crippen molar-refractivity contribution in [1.82, 2.24) is 9.78 Å². The Morgan fingerprint density at radius 2 is 2.00 bits per heavy atom. The molecule has 1 aromatic heterocycles. The fraction of sp³-hybridized carbons (Fsp3) is 0.278. The molecule has 0 spiro atoms. The number of aryl methyl sites for hydroxylation is 2. The van der Waals surface area contributed by atoms with Gasteiger partial charge in [-0.25, -0.2) is 0 Å². The van der Waals surface area contributed by atoms with Crippen LogP contribution in [0.5, 0.6) is 0 Å². The minimum absolute atomic E-state index is 0.0538. The molecule has 2 amide bonds.